The monoisotopic (exact) mass is 334 g/mol. The molecule has 4 nitrogen and oxygen atoms in total. The van der Waals surface area contributed by atoms with E-state index >= 15 is 0 Å². The molecule has 1 aliphatic carbocycles. The molecule has 2 amide bonds. The number of amides is 2. The second-order valence-corrected chi connectivity index (χ2v) is 6.94. The Labute approximate surface area is 148 Å². The average Bonchev–Trinajstić information content (AvgIpc) is 3.15. The van der Waals surface area contributed by atoms with E-state index in [0.717, 1.165) is 0 Å². The normalized spacial score (nSPS) is 20.4. The smallest absolute Gasteiger partial charge is 0.251 e. The van der Waals surface area contributed by atoms with Crippen molar-refractivity contribution >= 4 is 17.5 Å². The molecule has 0 unspecified atom stereocenters. The highest BCUT2D eigenvalue weighted by molar-refractivity contribution is 6.01. The summed E-state index contributed by atoms with van der Waals surface area (Å²) in [4.78, 5) is 24.0. The van der Waals surface area contributed by atoms with Crippen LogP contribution >= 0.6 is 0 Å². The van der Waals surface area contributed by atoms with Crippen molar-refractivity contribution in [1.82, 2.24) is 5.32 Å². The molecule has 2 N–H and O–H groups in total. The SMILES string of the molecule is C=CC(=O)Nc1cccc(C(=O)N[C@H]2[C@H](c3ccccc3)C2(C)C)c1. The predicted octanol–water partition coefficient (Wildman–Crippen LogP) is 3.73. The number of hydrogen-bond donors (Lipinski definition) is 2. The van der Waals surface area contributed by atoms with Gasteiger partial charge in [0.2, 0.25) is 5.91 Å². The van der Waals surface area contributed by atoms with E-state index in [1.54, 1.807) is 24.3 Å². The fraction of sp³-hybridized carbons (Fsp3) is 0.238. The third-order valence-corrected chi connectivity index (χ3v) is 4.85. The fourth-order valence-corrected chi connectivity index (χ4v) is 3.35. The van der Waals surface area contributed by atoms with Gasteiger partial charge in [0.05, 0.1) is 0 Å². The Bertz CT molecular complexity index is 812. The molecule has 1 aliphatic rings. The molecular formula is C21H22N2O2. The van der Waals surface area contributed by atoms with E-state index in [1.807, 2.05) is 18.2 Å². The van der Waals surface area contributed by atoms with Crippen LogP contribution in [0.4, 0.5) is 5.69 Å². The topological polar surface area (TPSA) is 58.2 Å². The van der Waals surface area contributed by atoms with Gasteiger partial charge in [-0.3, -0.25) is 9.59 Å². The lowest BCUT2D eigenvalue weighted by Gasteiger charge is -2.08. The molecule has 0 heterocycles. The molecule has 1 fully saturated rings. The maximum absolute atomic E-state index is 12.6. The molecule has 1 saturated carbocycles. The lowest BCUT2D eigenvalue weighted by molar-refractivity contribution is -0.111. The van der Waals surface area contributed by atoms with Gasteiger partial charge in [0, 0.05) is 23.2 Å². The van der Waals surface area contributed by atoms with Crippen molar-refractivity contribution in [2.45, 2.75) is 25.8 Å². The number of benzene rings is 2. The number of rotatable bonds is 5. The number of hydrogen-bond acceptors (Lipinski definition) is 2. The first-order chi connectivity index (χ1) is 11.9. The van der Waals surface area contributed by atoms with Crippen LogP contribution in [-0.2, 0) is 4.79 Å². The van der Waals surface area contributed by atoms with Gasteiger partial charge >= 0.3 is 0 Å². The minimum absolute atomic E-state index is 0.0195. The van der Waals surface area contributed by atoms with Gasteiger partial charge in [0.25, 0.3) is 5.91 Å². The zero-order valence-corrected chi connectivity index (χ0v) is 14.5. The van der Waals surface area contributed by atoms with Gasteiger partial charge in [-0.25, -0.2) is 0 Å². The molecule has 2 aromatic rings. The summed E-state index contributed by atoms with van der Waals surface area (Å²) in [5.74, 6) is -0.127. The zero-order valence-electron chi connectivity index (χ0n) is 14.5. The first-order valence-corrected chi connectivity index (χ1v) is 8.33. The molecule has 0 bridgehead atoms. The molecule has 2 atom stereocenters. The standard InChI is InChI=1S/C21H22N2O2/c1-4-17(24)22-16-12-8-11-15(13-16)20(25)23-19-18(21(19,2)3)14-9-6-5-7-10-14/h4-13,18-19H,1H2,2-3H3,(H,22,24)(H,23,25)/t18-,19-/m0/s1. The quantitative estimate of drug-likeness (QED) is 0.819. The van der Waals surface area contributed by atoms with E-state index in [9.17, 15) is 9.59 Å². The van der Waals surface area contributed by atoms with Crippen LogP contribution in [0.1, 0.15) is 35.7 Å². The summed E-state index contributed by atoms with van der Waals surface area (Å²) < 4.78 is 0. The summed E-state index contributed by atoms with van der Waals surface area (Å²) in [6.07, 6.45) is 1.20. The maximum atomic E-state index is 12.6. The molecule has 0 radical (unpaired) electrons. The van der Waals surface area contributed by atoms with E-state index in [2.05, 4.69) is 43.2 Å². The fourth-order valence-electron chi connectivity index (χ4n) is 3.35. The third kappa shape index (κ3) is 3.48. The first kappa shape index (κ1) is 17.0. The summed E-state index contributed by atoms with van der Waals surface area (Å²) in [7, 11) is 0. The third-order valence-electron chi connectivity index (χ3n) is 4.85. The molecule has 25 heavy (non-hydrogen) atoms. The molecule has 4 heteroatoms. The van der Waals surface area contributed by atoms with E-state index < -0.39 is 0 Å². The first-order valence-electron chi connectivity index (χ1n) is 8.33. The maximum Gasteiger partial charge on any atom is 0.251 e. The van der Waals surface area contributed by atoms with Crippen molar-refractivity contribution in [3.8, 4) is 0 Å². The summed E-state index contributed by atoms with van der Waals surface area (Å²) in [6, 6.07) is 17.2. The summed E-state index contributed by atoms with van der Waals surface area (Å²) in [5, 5.41) is 5.80. The zero-order chi connectivity index (χ0) is 18.0. The Morgan fingerprint density at radius 3 is 2.48 bits per heavy atom. The lowest BCUT2D eigenvalue weighted by atomic mass is 10.0. The van der Waals surface area contributed by atoms with Gasteiger partial charge in [0.1, 0.15) is 0 Å². The van der Waals surface area contributed by atoms with Crippen LogP contribution in [0.3, 0.4) is 0 Å². The van der Waals surface area contributed by atoms with Crippen LogP contribution in [0.15, 0.2) is 67.3 Å². The molecule has 3 rings (SSSR count). The predicted molar refractivity (Wildman–Crippen MR) is 99.5 cm³/mol. The van der Waals surface area contributed by atoms with E-state index in [0.29, 0.717) is 17.2 Å². The van der Waals surface area contributed by atoms with Crippen molar-refractivity contribution in [2.24, 2.45) is 5.41 Å². The molecule has 2 aromatic carbocycles. The van der Waals surface area contributed by atoms with Crippen molar-refractivity contribution in [3.63, 3.8) is 0 Å². The van der Waals surface area contributed by atoms with Crippen LogP contribution in [0.5, 0.6) is 0 Å². The largest absolute Gasteiger partial charge is 0.348 e. The number of nitrogens with one attached hydrogen (secondary N) is 2. The van der Waals surface area contributed by atoms with Crippen LogP contribution in [0.2, 0.25) is 0 Å². The van der Waals surface area contributed by atoms with Gasteiger partial charge in [-0.2, -0.15) is 0 Å². The van der Waals surface area contributed by atoms with Gasteiger partial charge in [-0.05, 0) is 35.3 Å². The Morgan fingerprint density at radius 2 is 1.80 bits per heavy atom. The van der Waals surface area contributed by atoms with Gasteiger partial charge in [0.15, 0.2) is 0 Å². The number of carbonyl (C=O) groups excluding carboxylic acids is 2. The molecular weight excluding hydrogens is 312 g/mol. The van der Waals surface area contributed by atoms with E-state index in [1.165, 1.54) is 11.6 Å². The Morgan fingerprint density at radius 1 is 1.08 bits per heavy atom. The second kappa shape index (κ2) is 6.55. The van der Waals surface area contributed by atoms with Crippen molar-refractivity contribution in [3.05, 3.63) is 78.4 Å². The average molecular weight is 334 g/mol. The number of carbonyl (C=O) groups is 2. The molecule has 0 spiro atoms. The van der Waals surface area contributed by atoms with Crippen LogP contribution < -0.4 is 10.6 Å². The number of anilines is 1. The Kier molecular flexibility index (Phi) is 4.45. The lowest BCUT2D eigenvalue weighted by Crippen LogP contribution is -2.28. The second-order valence-electron chi connectivity index (χ2n) is 6.94. The molecule has 0 aliphatic heterocycles. The summed E-state index contributed by atoms with van der Waals surface area (Å²) in [6.45, 7) is 7.75. The van der Waals surface area contributed by atoms with Crippen LogP contribution in [0.25, 0.3) is 0 Å². The summed E-state index contributed by atoms with van der Waals surface area (Å²) >= 11 is 0. The molecule has 0 saturated heterocycles. The van der Waals surface area contributed by atoms with E-state index in [-0.39, 0.29) is 23.3 Å². The Balaban J connectivity index is 1.72. The minimum Gasteiger partial charge on any atom is -0.348 e. The van der Waals surface area contributed by atoms with E-state index in [4.69, 9.17) is 0 Å². The van der Waals surface area contributed by atoms with Gasteiger partial charge < -0.3 is 10.6 Å². The van der Waals surface area contributed by atoms with Crippen molar-refractivity contribution in [1.29, 1.82) is 0 Å². The Hall–Kier alpha value is -2.88. The molecule has 128 valence electrons. The minimum atomic E-state index is -0.301. The highest BCUT2D eigenvalue weighted by Crippen LogP contribution is 2.58. The van der Waals surface area contributed by atoms with Crippen molar-refractivity contribution < 1.29 is 9.59 Å². The van der Waals surface area contributed by atoms with Crippen LogP contribution in [0, 0.1) is 5.41 Å². The highest BCUT2D eigenvalue weighted by Gasteiger charge is 2.59. The highest BCUT2D eigenvalue weighted by atomic mass is 16.2. The van der Waals surface area contributed by atoms with Gasteiger partial charge in [-0.1, -0.05) is 56.8 Å². The molecule has 0 aromatic heterocycles. The summed E-state index contributed by atoms with van der Waals surface area (Å²) in [5.41, 5.74) is 2.36. The van der Waals surface area contributed by atoms with Crippen molar-refractivity contribution in [2.75, 3.05) is 5.32 Å². The van der Waals surface area contributed by atoms with Crippen LogP contribution in [-0.4, -0.2) is 17.9 Å². The van der Waals surface area contributed by atoms with Gasteiger partial charge in [-0.15, -0.1) is 0 Å².